The highest BCUT2D eigenvalue weighted by molar-refractivity contribution is 7.99. The largest absolute Gasteiger partial charge is 0.500 e. The van der Waals surface area contributed by atoms with Gasteiger partial charge >= 0.3 is 8.80 Å². The van der Waals surface area contributed by atoms with E-state index in [2.05, 4.69) is 9.97 Å². The van der Waals surface area contributed by atoms with Gasteiger partial charge < -0.3 is 18.3 Å². The molecule has 0 saturated heterocycles. The first-order chi connectivity index (χ1) is 7.76. The van der Waals surface area contributed by atoms with Crippen LogP contribution in [-0.2, 0) is 13.3 Å². The van der Waals surface area contributed by atoms with Crippen molar-refractivity contribution in [2.45, 2.75) is 17.6 Å². The summed E-state index contributed by atoms with van der Waals surface area (Å²) < 4.78 is 16.0. The fourth-order valence-electron chi connectivity index (χ4n) is 1.34. The van der Waals surface area contributed by atoms with Crippen LogP contribution >= 0.6 is 11.8 Å². The quantitative estimate of drug-likeness (QED) is 0.439. The molecule has 0 fully saturated rings. The molecule has 1 rings (SSSR count). The molecule has 0 saturated carbocycles. The highest BCUT2D eigenvalue weighted by atomic mass is 32.2. The van der Waals surface area contributed by atoms with Crippen molar-refractivity contribution < 1.29 is 13.3 Å². The van der Waals surface area contributed by atoms with Gasteiger partial charge in [-0.3, -0.25) is 0 Å². The third-order valence-electron chi connectivity index (χ3n) is 2.27. The van der Waals surface area contributed by atoms with E-state index in [0.29, 0.717) is 0 Å². The number of aromatic amines is 1. The predicted octanol–water partition coefficient (Wildman–Crippen LogP) is 1.77. The number of nitrogens with one attached hydrogen (secondary N) is 1. The predicted molar refractivity (Wildman–Crippen MR) is 65.5 cm³/mol. The normalized spacial score (nSPS) is 11.9. The van der Waals surface area contributed by atoms with Crippen molar-refractivity contribution in [1.29, 1.82) is 0 Å². The van der Waals surface area contributed by atoms with Crippen molar-refractivity contribution in [2.75, 3.05) is 27.1 Å². The number of rotatable bonds is 8. The van der Waals surface area contributed by atoms with E-state index >= 15 is 0 Å². The molecule has 7 heteroatoms. The Bertz CT molecular complexity index is 272. The van der Waals surface area contributed by atoms with Crippen LogP contribution < -0.4 is 0 Å². The third kappa shape index (κ3) is 3.91. The fourth-order valence-corrected chi connectivity index (χ4v) is 4.09. The Balaban J connectivity index is 2.23. The second kappa shape index (κ2) is 7.07. The highest BCUT2D eigenvalue weighted by Crippen LogP contribution is 2.19. The van der Waals surface area contributed by atoms with Gasteiger partial charge in [0.15, 0.2) is 5.16 Å². The first kappa shape index (κ1) is 13.7. The highest BCUT2D eigenvalue weighted by Gasteiger charge is 2.36. The molecule has 1 aromatic heterocycles. The maximum Gasteiger partial charge on any atom is 0.500 e. The van der Waals surface area contributed by atoms with Crippen molar-refractivity contribution >= 4 is 20.6 Å². The van der Waals surface area contributed by atoms with Crippen LogP contribution in [0.3, 0.4) is 0 Å². The summed E-state index contributed by atoms with van der Waals surface area (Å²) in [6, 6.07) is 0.824. The first-order valence-electron chi connectivity index (χ1n) is 5.04. The van der Waals surface area contributed by atoms with E-state index in [0.717, 1.165) is 23.4 Å². The van der Waals surface area contributed by atoms with Gasteiger partial charge in [-0.05, 0) is 6.42 Å². The monoisotopic (exact) mass is 262 g/mol. The van der Waals surface area contributed by atoms with Crippen LogP contribution in [0.2, 0.25) is 6.04 Å². The molecule has 1 N–H and O–H groups in total. The number of nitrogens with zero attached hydrogens (tertiary/aromatic N) is 1. The summed E-state index contributed by atoms with van der Waals surface area (Å²) in [7, 11) is 2.53. The number of thioether (sulfide) groups is 1. The number of H-pyrrole nitrogens is 1. The molecule has 0 unspecified atom stereocenters. The van der Waals surface area contributed by atoms with E-state index in [1.165, 1.54) is 0 Å². The van der Waals surface area contributed by atoms with E-state index in [9.17, 15) is 0 Å². The zero-order chi connectivity index (χ0) is 11.9. The summed E-state index contributed by atoms with van der Waals surface area (Å²) in [4.78, 5) is 7.18. The number of hydrogen-bond donors (Lipinski definition) is 1. The van der Waals surface area contributed by atoms with Gasteiger partial charge in [-0.1, -0.05) is 11.8 Å². The topological polar surface area (TPSA) is 56.4 Å². The lowest BCUT2D eigenvalue weighted by Crippen LogP contribution is -2.42. The molecule has 0 radical (unpaired) electrons. The van der Waals surface area contributed by atoms with Crippen LogP contribution in [0.5, 0.6) is 0 Å². The molecule has 0 bridgehead atoms. The second-order valence-corrected chi connectivity index (χ2v) is 7.32. The number of hydrogen-bond acceptors (Lipinski definition) is 5. The van der Waals surface area contributed by atoms with Gasteiger partial charge in [-0.15, -0.1) is 0 Å². The van der Waals surface area contributed by atoms with E-state index in [-0.39, 0.29) is 0 Å². The smallest absolute Gasteiger partial charge is 0.377 e. The fraction of sp³-hybridized carbons (Fsp3) is 0.667. The van der Waals surface area contributed by atoms with Gasteiger partial charge in [-0.25, -0.2) is 4.98 Å². The molecular weight excluding hydrogens is 244 g/mol. The van der Waals surface area contributed by atoms with Gasteiger partial charge in [0.25, 0.3) is 0 Å². The molecule has 1 heterocycles. The molecule has 5 nitrogen and oxygen atoms in total. The lowest BCUT2D eigenvalue weighted by molar-refractivity contribution is 0.123. The lowest BCUT2D eigenvalue weighted by Gasteiger charge is -2.23. The van der Waals surface area contributed by atoms with Crippen molar-refractivity contribution in [3.05, 3.63) is 12.4 Å². The Morgan fingerprint density at radius 2 is 2.00 bits per heavy atom. The summed E-state index contributed by atoms with van der Waals surface area (Å²) in [6.45, 7) is 0. The Morgan fingerprint density at radius 3 is 2.50 bits per heavy atom. The first-order valence-corrected chi connectivity index (χ1v) is 7.95. The van der Waals surface area contributed by atoms with Gasteiger partial charge in [0.05, 0.1) is 0 Å². The minimum Gasteiger partial charge on any atom is -0.377 e. The van der Waals surface area contributed by atoms with Crippen molar-refractivity contribution in [1.82, 2.24) is 9.97 Å². The van der Waals surface area contributed by atoms with Gasteiger partial charge in [0, 0.05) is 45.5 Å². The van der Waals surface area contributed by atoms with Crippen LogP contribution in [-0.4, -0.2) is 45.9 Å². The molecule has 0 atom stereocenters. The Kier molecular flexibility index (Phi) is 6.07. The average molecular weight is 262 g/mol. The van der Waals surface area contributed by atoms with Crippen molar-refractivity contribution in [3.63, 3.8) is 0 Å². The molecule has 0 aliphatic rings. The zero-order valence-electron chi connectivity index (χ0n) is 9.86. The molecule has 0 aromatic carbocycles. The van der Waals surface area contributed by atoms with Crippen LogP contribution in [0.4, 0.5) is 0 Å². The third-order valence-corrected chi connectivity index (χ3v) is 6.09. The van der Waals surface area contributed by atoms with Gasteiger partial charge in [0.1, 0.15) is 0 Å². The van der Waals surface area contributed by atoms with Crippen molar-refractivity contribution in [2.24, 2.45) is 0 Å². The SMILES string of the molecule is CO[Si](CCCSc1ncc[nH]1)(OC)OC. The molecule has 0 spiro atoms. The lowest BCUT2D eigenvalue weighted by atomic mass is 10.6. The van der Waals surface area contributed by atoms with E-state index in [4.69, 9.17) is 13.3 Å². The maximum atomic E-state index is 5.34. The molecule has 16 heavy (non-hydrogen) atoms. The minimum absolute atomic E-state index is 0.824. The van der Waals surface area contributed by atoms with Crippen LogP contribution in [0.25, 0.3) is 0 Å². The number of aromatic nitrogens is 2. The Hall–Kier alpha value is -0.343. The summed E-state index contributed by atoms with van der Waals surface area (Å²) >= 11 is 1.69. The van der Waals surface area contributed by atoms with Crippen LogP contribution in [0.1, 0.15) is 6.42 Å². The van der Waals surface area contributed by atoms with Crippen molar-refractivity contribution in [3.8, 4) is 0 Å². The molecule has 0 aliphatic carbocycles. The van der Waals surface area contributed by atoms with E-state index in [1.54, 1.807) is 39.3 Å². The molecule has 1 aromatic rings. The minimum atomic E-state index is -2.38. The number of imidazole rings is 1. The average Bonchev–Trinajstić information content (AvgIpc) is 2.83. The summed E-state index contributed by atoms with van der Waals surface area (Å²) in [5, 5.41) is 0.944. The Morgan fingerprint density at radius 1 is 1.31 bits per heavy atom. The Labute approximate surface area is 101 Å². The molecular formula is C9H18N2O3SSi. The van der Waals surface area contributed by atoms with Crippen LogP contribution in [0, 0.1) is 0 Å². The summed E-state index contributed by atoms with van der Waals surface area (Å²) in [5.41, 5.74) is 0. The second-order valence-electron chi connectivity index (χ2n) is 3.14. The molecule has 0 aliphatic heterocycles. The molecule has 0 amide bonds. The van der Waals surface area contributed by atoms with E-state index in [1.807, 2.05) is 6.20 Å². The summed E-state index contributed by atoms with van der Waals surface area (Å²) in [5.74, 6) is 0.971. The van der Waals surface area contributed by atoms with Gasteiger partial charge in [-0.2, -0.15) is 0 Å². The summed E-state index contributed by atoms with van der Waals surface area (Å²) in [6.07, 6.45) is 4.55. The van der Waals surface area contributed by atoms with E-state index < -0.39 is 8.80 Å². The van der Waals surface area contributed by atoms with Gasteiger partial charge in [0.2, 0.25) is 0 Å². The standard InChI is InChI=1S/C9H18N2O3SSi/c1-12-16(13-2,14-3)8-4-7-15-9-10-5-6-11-9/h5-6H,4,7-8H2,1-3H3,(H,10,11). The zero-order valence-corrected chi connectivity index (χ0v) is 11.7. The van der Waals surface area contributed by atoms with Crippen LogP contribution in [0.15, 0.2) is 17.6 Å². The molecule has 92 valence electrons. The maximum absolute atomic E-state index is 5.34.